The molecule has 0 aliphatic rings. The Bertz CT molecular complexity index is 750. The molecule has 6 nitrogen and oxygen atoms in total. The van der Waals surface area contributed by atoms with Crippen molar-refractivity contribution < 1.29 is 24.9 Å². The number of phenols is 1. The number of benzene rings is 2. The lowest BCUT2D eigenvalue weighted by Crippen LogP contribution is -2.30. The molecule has 0 atom stereocenters. The number of aliphatic carboxylic acids is 1. The van der Waals surface area contributed by atoms with E-state index in [2.05, 4.69) is 5.32 Å². The van der Waals surface area contributed by atoms with Crippen LogP contribution in [0.15, 0.2) is 54.6 Å². The first-order valence-electron chi connectivity index (χ1n) is 6.74. The smallest absolute Gasteiger partial charge is 0.193 e. The molecule has 0 unspecified atom stereocenters. The van der Waals surface area contributed by atoms with E-state index in [1.807, 2.05) is 0 Å². The van der Waals surface area contributed by atoms with Crippen LogP contribution >= 0.6 is 0 Å². The molecule has 2 aromatic carbocycles. The van der Waals surface area contributed by atoms with Crippen LogP contribution in [0.2, 0.25) is 0 Å². The van der Waals surface area contributed by atoms with Crippen LogP contribution in [0.1, 0.15) is 15.9 Å². The SMILES string of the molecule is O=C([O-])CNc1ccc(C(O)=CC(=O)c2ccccc2O)cc1. The highest BCUT2D eigenvalue weighted by atomic mass is 16.4. The van der Waals surface area contributed by atoms with Crippen LogP contribution in [0.25, 0.3) is 5.76 Å². The molecule has 0 bridgehead atoms. The van der Waals surface area contributed by atoms with Crippen molar-refractivity contribution in [1.82, 2.24) is 0 Å². The summed E-state index contributed by atoms with van der Waals surface area (Å²) in [7, 11) is 0. The Kier molecular flexibility index (Phi) is 4.99. The maximum atomic E-state index is 12.0. The lowest BCUT2D eigenvalue weighted by Gasteiger charge is -2.08. The molecule has 23 heavy (non-hydrogen) atoms. The Balaban J connectivity index is 2.13. The zero-order valence-electron chi connectivity index (χ0n) is 12.0. The molecule has 2 rings (SSSR count). The number of carbonyl (C=O) groups is 2. The van der Waals surface area contributed by atoms with Crippen LogP contribution in [0.5, 0.6) is 5.75 Å². The second-order valence-corrected chi connectivity index (χ2v) is 4.71. The highest BCUT2D eigenvalue weighted by molar-refractivity contribution is 6.09. The van der Waals surface area contributed by atoms with Gasteiger partial charge in [-0.15, -0.1) is 0 Å². The van der Waals surface area contributed by atoms with Gasteiger partial charge in [0.2, 0.25) is 0 Å². The Morgan fingerprint density at radius 2 is 1.74 bits per heavy atom. The summed E-state index contributed by atoms with van der Waals surface area (Å²) in [5.41, 5.74) is 1.01. The molecule has 0 radical (unpaired) electrons. The zero-order chi connectivity index (χ0) is 16.8. The molecule has 0 saturated carbocycles. The van der Waals surface area contributed by atoms with Crippen LogP contribution in [-0.4, -0.2) is 28.5 Å². The predicted molar refractivity (Wildman–Crippen MR) is 83.0 cm³/mol. The number of hydrogen-bond donors (Lipinski definition) is 3. The fourth-order valence-corrected chi connectivity index (χ4v) is 1.90. The van der Waals surface area contributed by atoms with E-state index >= 15 is 0 Å². The summed E-state index contributed by atoms with van der Waals surface area (Å²) in [5, 5.41) is 32.6. The summed E-state index contributed by atoms with van der Waals surface area (Å²) < 4.78 is 0. The summed E-state index contributed by atoms with van der Waals surface area (Å²) in [6, 6.07) is 12.2. The number of aliphatic hydroxyl groups is 1. The van der Waals surface area contributed by atoms with E-state index in [0.29, 0.717) is 11.3 Å². The van der Waals surface area contributed by atoms with Crippen LogP contribution in [-0.2, 0) is 4.79 Å². The van der Waals surface area contributed by atoms with Gasteiger partial charge in [0.05, 0.1) is 18.1 Å². The van der Waals surface area contributed by atoms with Crippen LogP contribution in [0, 0.1) is 0 Å². The van der Waals surface area contributed by atoms with Gasteiger partial charge in [0.25, 0.3) is 0 Å². The highest BCUT2D eigenvalue weighted by Crippen LogP contribution is 2.20. The number of nitrogens with one attached hydrogen (secondary N) is 1. The van der Waals surface area contributed by atoms with Crippen molar-refractivity contribution in [2.75, 3.05) is 11.9 Å². The third kappa shape index (κ3) is 4.34. The van der Waals surface area contributed by atoms with Gasteiger partial charge in [-0.25, -0.2) is 0 Å². The summed E-state index contributed by atoms with van der Waals surface area (Å²) in [6.45, 7) is -0.326. The van der Waals surface area contributed by atoms with E-state index in [9.17, 15) is 24.9 Å². The lowest BCUT2D eigenvalue weighted by molar-refractivity contribution is -0.302. The number of phenolic OH excluding ortho intramolecular Hbond substituents is 1. The van der Waals surface area contributed by atoms with Crippen molar-refractivity contribution in [2.24, 2.45) is 0 Å². The number of carboxylic acid groups (broad SMARTS) is 1. The number of aliphatic hydroxyl groups excluding tert-OH is 1. The first-order valence-corrected chi connectivity index (χ1v) is 6.74. The quantitative estimate of drug-likeness (QED) is 0.422. The van der Waals surface area contributed by atoms with Crippen LogP contribution in [0.4, 0.5) is 5.69 Å². The first kappa shape index (κ1) is 16.1. The average Bonchev–Trinajstić information content (AvgIpc) is 2.53. The molecule has 6 heteroatoms. The molecule has 118 valence electrons. The molecule has 0 fully saturated rings. The lowest BCUT2D eigenvalue weighted by atomic mass is 10.1. The molecule has 0 aromatic heterocycles. The van der Waals surface area contributed by atoms with Crippen molar-refractivity contribution in [1.29, 1.82) is 0 Å². The molecule has 0 amide bonds. The number of ketones is 1. The largest absolute Gasteiger partial charge is 0.548 e. The normalized spacial score (nSPS) is 11.0. The minimum Gasteiger partial charge on any atom is -0.548 e. The van der Waals surface area contributed by atoms with Gasteiger partial charge < -0.3 is 25.4 Å². The Hall–Kier alpha value is -3.28. The summed E-state index contributed by atoms with van der Waals surface area (Å²) >= 11 is 0. The fourth-order valence-electron chi connectivity index (χ4n) is 1.90. The molecular weight excluding hydrogens is 298 g/mol. The number of carbonyl (C=O) groups excluding carboxylic acids is 2. The van der Waals surface area contributed by atoms with Gasteiger partial charge in [0, 0.05) is 17.3 Å². The van der Waals surface area contributed by atoms with Crippen molar-refractivity contribution in [3.63, 3.8) is 0 Å². The van der Waals surface area contributed by atoms with Crippen molar-refractivity contribution in [2.45, 2.75) is 0 Å². The summed E-state index contributed by atoms with van der Waals surface area (Å²) in [6.07, 6.45) is 1.01. The minimum absolute atomic E-state index is 0.0892. The van der Waals surface area contributed by atoms with Gasteiger partial charge in [-0.1, -0.05) is 12.1 Å². The standard InChI is InChI=1S/C17H15NO5/c19-14-4-2-1-3-13(14)16(21)9-15(20)11-5-7-12(8-6-11)18-10-17(22)23/h1-9,18-20H,10H2,(H,22,23)/p-1. The van der Waals surface area contributed by atoms with Crippen molar-refractivity contribution in [3.05, 3.63) is 65.7 Å². The Morgan fingerprint density at radius 1 is 1.09 bits per heavy atom. The summed E-state index contributed by atoms with van der Waals surface area (Å²) in [4.78, 5) is 22.4. The first-order chi connectivity index (χ1) is 11.0. The Morgan fingerprint density at radius 3 is 2.35 bits per heavy atom. The number of anilines is 1. The van der Waals surface area contributed by atoms with Gasteiger partial charge in [-0.05, 0) is 36.4 Å². The minimum atomic E-state index is -1.23. The van der Waals surface area contributed by atoms with Crippen molar-refractivity contribution >= 4 is 23.2 Å². The zero-order valence-corrected chi connectivity index (χ0v) is 12.0. The average molecular weight is 312 g/mol. The van der Waals surface area contributed by atoms with E-state index in [0.717, 1.165) is 6.08 Å². The number of carboxylic acids is 1. The molecule has 0 aliphatic heterocycles. The number of para-hydroxylation sites is 1. The molecule has 0 saturated heterocycles. The maximum Gasteiger partial charge on any atom is 0.193 e. The van der Waals surface area contributed by atoms with Crippen molar-refractivity contribution in [3.8, 4) is 5.75 Å². The van der Waals surface area contributed by atoms with Crippen LogP contribution < -0.4 is 10.4 Å². The topological polar surface area (TPSA) is 110 Å². The number of rotatable bonds is 6. The highest BCUT2D eigenvalue weighted by Gasteiger charge is 2.10. The predicted octanol–water partition coefficient (Wildman–Crippen LogP) is 1.34. The van der Waals surface area contributed by atoms with Gasteiger partial charge in [0.1, 0.15) is 11.5 Å². The fraction of sp³-hybridized carbons (Fsp3) is 0.0588. The molecule has 0 spiro atoms. The monoisotopic (exact) mass is 312 g/mol. The van der Waals surface area contributed by atoms with E-state index < -0.39 is 11.8 Å². The third-order valence-electron chi connectivity index (χ3n) is 3.05. The number of hydrogen-bond acceptors (Lipinski definition) is 6. The summed E-state index contributed by atoms with van der Waals surface area (Å²) in [5.74, 6) is -2.18. The molecule has 3 N–H and O–H groups in total. The van der Waals surface area contributed by atoms with Gasteiger partial charge in [-0.3, -0.25) is 4.79 Å². The van der Waals surface area contributed by atoms with Gasteiger partial charge >= 0.3 is 0 Å². The molecule has 0 heterocycles. The van der Waals surface area contributed by atoms with Gasteiger partial charge in [0.15, 0.2) is 5.78 Å². The number of aromatic hydroxyl groups is 1. The second kappa shape index (κ2) is 7.13. The number of allylic oxidation sites excluding steroid dienone is 1. The van der Waals surface area contributed by atoms with Crippen LogP contribution in [0.3, 0.4) is 0 Å². The molecule has 2 aromatic rings. The maximum absolute atomic E-state index is 12.0. The van der Waals surface area contributed by atoms with E-state index in [1.165, 1.54) is 24.3 Å². The van der Waals surface area contributed by atoms with E-state index in [-0.39, 0.29) is 23.6 Å². The second-order valence-electron chi connectivity index (χ2n) is 4.71. The van der Waals surface area contributed by atoms with E-state index in [4.69, 9.17) is 0 Å². The molecular formula is C17H14NO5-. The van der Waals surface area contributed by atoms with Gasteiger partial charge in [-0.2, -0.15) is 0 Å². The Labute approximate surface area is 132 Å². The third-order valence-corrected chi connectivity index (χ3v) is 3.05. The van der Waals surface area contributed by atoms with E-state index in [1.54, 1.807) is 24.3 Å². The molecule has 0 aliphatic carbocycles.